The number of benzene rings is 1. The van der Waals surface area contributed by atoms with Gasteiger partial charge in [-0.15, -0.1) is 0 Å². The van der Waals surface area contributed by atoms with Crippen LogP contribution in [-0.4, -0.2) is 26.5 Å². The number of carbonyl (C=O) groups is 1. The summed E-state index contributed by atoms with van der Waals surface area (Å²) in [6.45, 7) is 5.90. The average molecular weight is 294 g/mol. The Morgan fingerprint density at radius 3 is 2.82 bits per heavy atom. The summed E-state index contributed by atoms with van der Waals surface area (Å²) < 4.78 is 1.91. The van der Waals surface area contributed by atoms with E-state index in [0.717, 1.165) is 22.4 Å². The normalized spacial score (nSPS) is 11.1. The number of nitrogens with one attached hydrogen (secondary N) is 1. The number of aryl methyl sites for hydroxylation is 1. The summed E-state index contributed by atoms with van der Waals surface area (Å²) in [6, 6.07) is 9.54. The van der Waals surface area contributed by atoms with Crippen LogP contribution in [0.4, 0.5) is 0 Å². The Kier molecular flexibility index (Phi) is 3.63. The fraction of sp³-hybridized carbons (Fsp3) is 0.235. The van der Waals surface area contributed by atoms with E-state index in [4.69, 9.17) is 0 Å². The first-order valence-electron chi connectivity index (χ1n) is 7.26. The number of hydrogen-bond donors (Lipinski definition) is 1. The molecule has 0 aliphatic rings. The van der Waals surface area contributed by atoms with Gasteiger partial charge in [0.25, 0.3) is 5.91 Å². The largest absolute Gasteiger partial charge is 0.350 e. The third kappa shape index (κ3) is 2.57. The molecular weight excluding hydrogens is 276 g/mol. The summed E-state index contributed by atoms with van der Waals surface area (Å²) in [4.78, 5) is 20.9. The van der Waals surface area contributed by atoms with E-state index in [1.54, 1.807) is 12.5 Å². The molecule has 0 fully saturated rings. The average Bonchev–Trinajstić information content (AvgIpc) is 2.91. The Labute approximate surface area is 129 Å². The van der Waals surface area contributed by atoms with Gasteiger partial charge in [-0.05, 0) is 50.6 Å². The van der Waals surface area contributed by atoms with Gasteiger partial charge in [0.2, 0.25) is 0 Å². The van der Waals surface area contributed by atoms with E-state index in [0.29, 0.717) is 5.56 Å². The first kappa shape index (κ1) is 14.3. The molecule has 5 heteroatoms. The number of hydrogen-bond acceptors (Lipinski definition) is 3. The van der Waals surface area contributed by atoms with Gasteiger partial charge in [-0.25, -0.2) is 9.97 Å². The summed E-state index contributed by atoms with van der Waals surface area (Å²) in [5, 5.41) is 2.91. The highest BCUT2D eigenvalue weighted by molar-refractivity contribution is 5.95. The zero-order valence-corrected chi connectivity index (χ0v) is 12.9. The van der Waals surface area contributed by atoms with Gasteiger partial charge in [-0.2, -0.15) is 0 Å². The lowest BCUT2D eigenvalue weighted by Gasteiger charge is -2.12. The van der Waals surface area contributed by atoms with Gasteiger partial charge in [-0.3, -0.25) is 9.36 Å². The molecule has 2 aromatic heterocycles. The second-order valence-electron chi connectivity index (χ2n) is 5.59. The number of nitrogens with zero attached hydrogens (tertiary/aromatic N) is 3. The molecule has 22 heavy (non-hydrogen) atoms. The quantitative estimate of drug-likeness (QED) is 0.808. The molecule has 112 valence electrons. The third-order valence-corrected chi connectivity index (χ3v) is 3.46. The molecule has 0 spiro atoms. The lowest BCUT2D eigenvalue weighted by Crippen LogP contribution is -2.30. The van der Waals surface area contributed by atoms with Crippen LogP contribution >= 0.6 is 0 Å². The maximum Gasteiger partial charge on any atom is 0.251 e. The second-order valence-corrected chi connectivity index (χ2v) is 5.59. The molecule has 2 heterocycles. The van der Waals surface area contributed by atoms with Crippen LogP contribution in [0.2, 0.25) is 0 Å². The molecule has 0 atom stereocenters. The molecule has 0 aliphatic heterocycles. The van der Waals surface area contributed by atoms with Crippen molar-refractivity contribution in [1.29, 1.82) is 0 Å². The molecule has 1 N–H and O–H groups in total. The van der Waals surface area contributed by atoms with Gasteiger partial charge in [0.05, 0.1) is 5.69 Å². The van der Waals surface area contributed by atoms with Crippen molar-refractivity contribution in [3.63, 3.8) is 0 Å². The first-order valence-corrected chi connectivity index (χ1v) is 7.26. The zero-order valence-electron chi connectivity index (χ0n) is 12.9. The summed E-state index contributed by atoms with van der Waals surface area (Å²) in [7, 11) is 0. The maximum atomic E-state index is 12.2. The van der Waals surface area contributed by atoms with Gasteiger partial charge in [0, 0.05) is 17.8 Å². The molecule has 0 saturated carbocycles. The fourth-order valence-electron chi connectivity index (χ4n) is 2.38. The summed E-state index contributed by atoms with van der Waals surface area (Å²) >= 11 is 0. The maximum absolute atomic E-state index is 12.2. The number of amides is 1. The molecule has 0 aliphatic carbocycles. The number of carbonyl (C=O) groups excluding carboxylic acids is 1. The SMILES string of the molecule is Cc1ccc(C(=O)NC(C)C)cc1-n1cnc2cccnc21. The number of aromatic nitrogens is 3. The van der Waals surface area contributed by atoms with Crippen LogP contribution in [0.25, 0.3) is 16.9 Å². The van der Waals surface area contributed by atoms with Crippen molar-refractivity contribution in [2.45, 2.75) is 26.8 Å². The predicted octanol–water partition coefficient (Wildman–Crippen LogP) is 2.87. The van der Waals surface area contributed by atoms with Crippen LogP contribution in [0, 0.1) is 6.92 Å². The van der Waals surface area contributed by atoms with Gasteiger partial charge in [0.1, 0.15) is 11.8 Å². The van der Waals surface area contributed by atoms with Gasteiger partial charge in [0.15, 0.2) is 5.65 Å². The molecular formula is C17H18N4O. The minimum Gasteiger partial charge on any atom is -0.350 e. The zero-order chi connectivity index (χ0) is 15.7. The van der Waals surface area contributed by atoms with Crippen LogP contribution in [-0.2, 0) is 0 Å². The smallest absolute Gasteiger partial charge is 0.251 e. The van der Waals surface area contributed by atoms with Crippen LogP contribution < -0.4 is 5.32 Å². The Morgan fingerprint density at radius 1 is 1.23 bits per heavy atom. The van der Waals surface area contributed by atoms with Gasteiger partial charge < -0.3 is 5.32 Å². The monoisotopic (exact) mass is 294 g/mol. The molecule has 1 aromatic carbocycles. The Hall–Kier alpha value is -2.69. The molecule has 0 unspecified atom stereocenters. The summed E-state index contributed by atoms with van der Waals surface area (Å²) in [5.74, 6) is -0.0753. The molecule has 5 nitrogen and oxygen atoms in total. The van der Waals surface area contributed by atoms with Crippen LogP contribution in [0.3, 0.4) is 0 Å². The first-order chi connectivity index (χ1) is 10.6. The van der Waals surface area contributed by atoms with Crippen LogP contribution in [0.5, 0.6) is 0 Å². The highest BCUT2D eigenvalue weighted by Crippen LogP contribution is 2.20. The Morgan fingerprint density at radius 2 is 2.05 bits per heavy atom. The predicted molar refractivity (Wildman–Crippen MR) is 86.2 cm³/mol. The lowest BCUT2D eigenvalue weighted by molar-refractivity contribution is 0.0943. The van der Waals surface area contributed by atoms with Crippen molar-refractivity contribution in [2.75, 3.05) is 0 Å². The highest BCUT2D eigenvalue weighted by Gasteiger charge is 2.12. The Balaban J connectivity index is 2.09. The van der Waals surface area contributed by atoms with E-state index < -0.39 is 0 Å². The highest BCUT2D eigenvalue weighted by atomic mass is 16.1. The number of rotatable bonds is 3. The molecule has 1 amide bonds. The van der Waals surface area contributed by atoms with E-state index in [2.05, 4.69) is 15.3 Å². The van der Waals surface area contributed by atoms with Crippen molar-refractivity contribution in [3.8, 4) is 5.69 Å². The van der Waals surface area contributed by atoms with Crippen molar-refractivity contribution < 1.29 is 4.79 Å². The van der Waals surface area contributed by atoms with Gasteiger partial charge in [-0.1, -0.05) is 6.07 Å². The summed E-state index contributed by atoms with van der Waals surface area (Å²) in [6.07, 6.45) is 3.48. The Bertz CT molecular complexity index is 836. The topological polar surface area (TPSA) is 59.8 Å². The molecule has 0 saturated heterocycles. The third-order valence-electron chi connectivity index (χ3n) is 3.46. The van der Waals surface area contributed by atoms with E-state index in [1.165, 1.54) is 0 Å². The van der Waals surface area contributed by atoms with E-state index in [-0.39, 0.29) is 11.9 Å². The van der Waals surface area contributed by atoms with Gasteiger partial charge >= 0.3 is 0 Å². The molecule has 3 aromatic rings. The molecule has 0 radical (unpaired) electrons. The lowest BCUT2D eigenvalue weighted by atomic mass is 10.1. The standard InChI is InChI=1S/C17H18N4O/c1-11(2)20-17(22)13-7-6-12(3)15(9-13)21-10-19-14-5-4-8-18-16(14)21/h4-11H,1-3H3,(H,20,22). The van der Waals surface area contributed by atoms with Crippen molar-refractivity contribution in [2.24, 2.45) is 0 Å². The van der Waals surface area contributed by atoms with Crippen molar-refractivity contribution >= 4 is 17.1 Å². The van der Waals surface area contributed by atoms with E-state index in [1.807, 2.05) is 55.7 Å². The van der Waals surface area contributed by atoms with Crippen molar-refractivity contribution in [1.82, 2.24) is 19.9 Å². The molecule has 0 bridgehead atoms. The number of imidazole rings is 1. The minimum absolute atomic E-state index is 0.0753. The van der Waals surface area contributed by atoms with Crippen molar-refractivity contribution in [3.05, 3.63) is 54.0 Å². The number of fused-ring (bicyclic) bond motifs is 1. The van der Waals surface area contributed by atoms with E-state index >= 15 is 0 Å². The van der Waals surface area contributed by atoms with Crippen LogP contribution in [0.1, 0.15) is 29.8 Å². The minimum atomic E-state index is -0.0753. The second kappa shape index (κ2) is 5.60. The summed E-state index contributed by atoms with van der Waals surface area (Å²) in [5.41, 5.74) is 4.22. The van der Waals surface area contributed by atoms with E-state index in [9.17, 15) is 4.79 Å². The van der Waals surface area contributed by atoms with Crippen LogP contribution in [0.15, 0.2) is 42.9 Å². The fourth-order valence-corrected chi connectivity index (χ4v) is 2.38. The number of pyridine rings is 1. The molecule has 3 rings (SSSR count).